The fraction of sp³-hybridized carbons (Fsp3) is 1.00. The quantitative estimate of drug-likeness (QED) is 0.727. The molecule has 2 nitrogen and oxygen atoms in total. The highest BCUT2D eigenvalue weighted by Crippen LogP contribution is 2.28. The van der Waals surface area contributed by atoms with E-state index >= 15 is 0 Å². The van der Waals surface area contributed by atoms with Crippen LogP contribution in [-0.4, -0.2) is 23.8 Å². The molecule has 1 unspecified atom stereocenters. The van der Waals surface area contributed by atoms with Gasteiger partial charge in [-0.3, -0.25) is 0 Å². The molecule has 1 atom stereocenters. The Labute approximate surface area is 88.1 Å². The summed E-state index contributed by atoms with van der Waals surface area (Å²) in [6, 6.07) is 0. The predicted molar refractivity (Wildman–Crippen MR) is 60.3 cm³/mol. The number of rotatable bonds is 4. The molecule has 0 spiro atoms. The molecule has 0 aliphatic carbocycles. The Morgan fingerprint density at radius 2 is 1.93 bits per heavy atom. The van der Waals surface area contributed by atoms with Gasteiger partial charge in [-0.15, -0.1) is 0 Å². The van der Waals surface area contributed by atoms with Crippen molar-refractivity contribution in [3.63, 3.8) is 0 Å². The van der Waals surface area contributed by atoms with E-state index in [9.17, 15) is 5.11 Å². The van der Waals surface area contributed by atoms with Crippen molar-refractivity contribution >= 4 is 0 Å². The van der Waals surface area contributed by atoms with Gasteiger partial charge in [0, 0.05) is 0 Å². The maximum atomic E-state index is 10.2. The van der Waals surface area contributed by atoms with E-state index in [4.69, 9.17) is 0 Å². The maximum absolute atomic E-state index is 10.2. The van der Waals surface area contributed by atoms with Crippen molar-refractivity contribution in [3.8, 4) is 0 Å². The highest BCUT2D eigenvalue weighted by Gasteiger charge is 2.26. The number of hydrogen-bond donors (Lipinski definition) is 2. The van der Waals surface area contributed by atoms with E-state index in [-0.39, 0.29) is 0 Å². The Hall–Kier alpha value is -0.0800. The average molecular weight is 199 g/mol. The average Bonchev–Trinajstić information content (AvgIpc) is 2.02. The normalized spacial score (nSPS) is 23.8. The van der Waals surface area contributed by atoms with Gasteiger partial charge in [-0.1, -0.05) is 13.8 Å². The molecule has 2 heteroatoms. The van der Waals surface area contributed by atoms with Crippen LogP contribution in [0.15, 0.2) is 0 Å². The second-order valence-electron chi connectivity index (χ2n) is 5.49. The Bertz CT molecular complexity index is 160. The van der Waals surface area contributed by atoms with E-state index in [1.54, 1.807) is 0 Å². The molecular formula is C12H25NO. The predicted octanol–water partition coefficient (Wildman–Crippen LogP) is 2.17. The van der Waals surface area contributed by atoms with Crippen molar-refractivity contribution in [1.82, 2.24) is 5.32 Å². The smallest absolute Gasteiger partial charge is 0.0624 e. The summed E-state index contributed by atoms with van der Waals surface area (Å²) in [5.41, 5.74) is -0.448. The molecule has 0 radical (unpaired) electrons. The van der Waals surface area contributed by atoms with Gasteiger partial charge in [-0.05, 0) is 57.5 Å². The Morgan fingerprint density at radius 1 is 1.36 bits per heavy atom. The monoisotopic (exact) mass is 199 g/mol. The largest absolute Gasteiger partial charge is 0.390 e. The first-order chi connectivity index (χ1) is 6.49. The van der Waals surface area contributed by atoms with Crippen LogP contribution in [0, 0.1) is 11.8 Å². The number of nitrogens with one attached hydrogen (secondary N) is 1. The molecule has 0 amide bonds. The number of aliphatic hydroxyl groups is 1. The lowest BCUT2D eigenvalue weighted by atomic mass is 9.82. The van der Waals surface area contributed by atoms with Crippen LogP contribution in [0.3, 0.4) is 0 Å². The third kappa shape index (κ3) is 4.43. The van der Waals surface area contributed by atoms with Gasteiger partial charge in [0.25, 0.3) is 0 Å². The fourth-order valence-electron chi connectivity index (χ4n) is 2.67. The minimum Gasteiger partial charge on any atom is -0.390 e. The minimum absolute atomic E-state index is 0.448. The molecule has 2 N–H and O–H groups in total. The van der Waals surface area contributed by atoms with Crippen molar-refractivity contribution in [2.75, 3.05) is 13.1 Å². The zero-order valence-electron chi connectivity index (χ0n) is 9.84. The summed E-state index contributed by atoms with van der Waals surface area (Å²) in [6.07, 6.45) is 4.37. The molecule has 1 fully saturated rings. The second kappa shape index (κ2) is 5.13. The molecular weight excluding hydrogens is 174 g/mol. The van der Waals surface area contributed by atoms with Crippen LogP contribution >= 0.6 is 0 Å². The van der Waals surface area contributed by atoms with E-state index in [1.807, 2.05) is 6.92 Å². The van der Waals surface area contributed by atoms with Crippen LogP contribution in [0.2, 0.25) is 0 Å². The summed E-state index contributed by atoms with van der Waals surface area (Å²) >= 11 is 0. The Kier molecular flexibility index (Phi) is 4.39. The zero-order chi connectivity index (χ0) is 10.6. The topological polar surface area (TPSA) is 32.3 Å². The molecule has 1 saturated heterocycles. The zero-order valence-corrected chi connectivity index (χ0v) is 9.84. The van der Waals surface area contributed by atoms with E-state index in [2.05, 4.69) is 19.2 Å². The van der Waals surface area contributed by atoms with Crippen LogP contribution in [0.4, 0.5) is 0 Å². The summed E-state index contributed by atoms with van der Waals surface area (Å²) in [5, 5.41) is 13.6. The molecule has 1 heterocycles. The summed E-state index contributed by atoms with van der Waals surface area (Å²) in [7, 11) is 0. The highest BCUT2D eigenvalue weighted by atomic mass is 16.3. The first kappa shape index (κ1) is 12.0. The van der Waals surface area contributed by atoms with Gasteiger partial charge >= 0.3 is 0 Å². The van der Waals surface area contributed by atoms with Crippen molar-refractivity contribution in [3.05, 3.63) is 0 Å². The molecule has 0 aromatic rings. The van der Waals surface area contributed by atoms with Crippen LogP contribution in [0.25, 0.3) is 0 Å². The summed E-state index contributed by atoms with van der Waals surface area (Å²) in [6.45, 7) is 8.60. The van der Waals surface area contributed by atoms with E-state index < -0.39 is 5.60 Å². The summed E-state index contributed by atoms with van der Waals surface area (Å²) < 4.78 is 0. The third-order valence-electron chi connectivity index (χ3n) is 3.04. The number of hydrogen-bond acceptors (Lipinski definition) is 2. The molecule has 1 rings (SSSR count). The highest BCUT2D eigenvalue weighted by molar-refractivity contribution is 4.80. The van der Waals surface area contributed by atoms with Crippen molar-refractivity contribution < 1.29 is 5.11 Å². The van der Waals surface area contributed by atoms with E-state index in [1.165, 1.54) is 12.8 Å². The van der Waals surface area contributed by atoms with Crippen LogP contribution in [-0.2, 0) is 0 Å². The van der Waals surface area contributed by atoms with E-state index in [0.717, 1.165) is 31.8 Å². The molecule has 1 aliphatic rings. The molecule has 0 saturated carbocycles. The Morgan fingerprint density at radius 3 is 2.43 bits per heavy atom. The van der Waals surface area contributed by atoms with Gasteiger partial charge in [-0.25, -0.2) is 0 Å². The van der Waals surface area contributed by atoms with E-state index in [0.29, 0.717) is 5.92 Å². The van der Waals surface area contributed by atoms with Gasteiger partial charge in [-0.2, -0.15) is 0 Å². The molecule has 1 aliphatic heterocycles. The second-order valence-corrected chi connectivity index (χ2v) is 5.49. The fourth-order valence-corrected chi connectivity index (χ4v) is 2.67. The van der Waals surface area contributed by atoms with Crippen LogP contribution < -0.4 is 5.32 Å². The van der Waals surface area contributed by atoms with Crippen molar-refractivity contribution in [2.24, 2.45) is 11.8 Å². The maximum Gasteiger partial charge on any atom is 0.0624 e. The first-order valence-corrected chi connectivity index (χ1v) is 5.93. The summed E-state index contributed by atoms with van der Waals surface area (Å²) in [4.78, 5) is 0. The van der Waals surface area contributed by atoms with Gasteiger partial charge in [0.1, 0.15) is 0 Å². The van der Waals surface area contributed by atoms with Gasteiger partial charge in [0.2, 0.25) is 0 Å². The van der Waals surface area contributed by atoms with Crippen LogP contribution in [0.5, 0.6) is 0 Å². The van der Waals surface area contributed by atoms with Gasteiger partial charge < -0.3 is 10.4 Å². The SMILES string of the molecule is CC(C)CC(C)(O)CC1CCNCC1. The molecule has 0 bridgehead atoms. The molecule has 0 aromatic carbocycles. The molecule has 14 heavy (non-hydrogen) atoms. The van der Waals surface area contributed by atoms with Gasteiger partial charge in [0.05, 0.1) is 5.60 Å². The third-order valence-corrected chi connectivity index (χ3v) is 3.04. The van der Waals surface area contributed by atoms with Gasteiger partial charge in [0.15, 0.2) is 0 Å². The lowest BCUT2D eigenvalue weighted by Crippen LogP contribution is -2.34. The molecule has 84 valence electrons. The molecule has 0 aromatic heterocycles. The van der Waals surface area contributed by atoms with Crippen molar-refractivity contribution in [2.45, 2.75) is 52.1 Å². The lowest BCUT2D eigenvalue weighted by molar-refractivity contribution is 0.0101. The van der Waals surface area contributed by atoms with Crippen molar-refractivity contribution in [1.29, 1.82) is 0 Å². The lowest BCUT2D eigenvalue weighted by Gasteiger charge is -2.32. The summed E-state index contributed by atoms with van der Waals surface area (Å²) in [5.74, 6) is 1.32. The Balaban J connectivity index is 2.32. The first-order valence-electron chi connectivity index (χ1n) is 5.93. The van der Waals surface area contributed by atoms with Crippen LogP contribution in [0.1, 0.15) is 46.5 Å². The minimum atomic E-state index is -0.448. The standard InChI is InChI=1S/C12H25NO/c1-10(2)8-12(3,14)9-11-4-6-13-7-5-11/h10-11,13-14H,4-9H2,1-3H3. The number of piperidine rings is 1.